The van der Waals surface area contributed by atoms with Gasteiger partial charge in [0, 0.05) is 39.6 Å². The maximum absolute atomic E-state index is 14.6. The second-order valence-electron chi connectivity index (χ2n) is 15.6. The van der Waals surface area contributed by atoms with E-state index in [-0.39, 0.29) is 47.1 Å². The van der Waals surface area contributed by atoms with E-state index in [9.17, 15) is 19.8 Å². The van der Waals surface area contributed by atoms with Crippen LogP contribution in [0.4, 0.5) is 10.5 Å². The van der Waals surface area contributed by atoms with Crippen molar-refractivity contribution in [3.05, 3.63) is 84.0 Å². The lowest BCUT2D eigenvalue weighted by Gasteiger charge is -2.71. The van der Waals surface area contributed by atoms with E-state index < -0.39 is 16.4 Å². The zero-order chi connectivity index (χ0) is 33.2. The number of ketones is 1. The first-order valence-corrected chi connectivity index (χ1v) is 17.6. The van der Waals surface area contributed by atoms with E-state index in [2.05, 4.69) is 44.3 Å². The number of anilines is 1. The van der Waals surface area contributed by atoms with Gasteiger partial charge in [-0.15, -0.1) is 0 Å². The van der Waals surface area contributed by atoms with Crippen LogP contribution in [0.15, 0.2) is 78.4 Å². The number of amides is 2. The number of nitrogens with one attached hydrogen (secondary N) is 1. The van der Waals surface area contributed by atoms with Gasteiger partial charge in [0.1, 0.15) is 5.75 Å². The number of ether oxygens (including phenoxy) is 1. The molecular weight excluding hydrogens is 588 g/mol. The van der Waals surface area contributed by atoms with Gasteiger partial charge in [0.05, 0.1) is 25.4 Å². The minimum absolute atomic E-state index is 0.0315. The van der Waals surface area contributed by atoms with E-state index in [4.69, 9.17) is 4.74 Å². The molecule has 8 atom stereocenters. The van der Waals surface area contributed by atoms with E-state index in [0.717, 1.165) is 49.8 Å². The van der Waals surface area contributed by atoms with Crippen molar-refractivity contribution in [2.24, 2.45) is 33.5 Å². The summed E-state index contributed by atoms with van der Waals surface area (Å²) in [4.78, 5) is 30.1. The summed E-state index contributed by atoms with van der Waals surface area (Å²) in [5.41, 5.74) is -0.390. The smallest absolute Gasteiger partial charge is 0.321 e. The highest BCUT2D eigenvalue weighted by atomic mass is 16.5. The Morgan fingerprint density at radius 2 is 1.62 bits per heavy atom. The maximum atomic E-state index is 14.6. The van der Waals surface area contributed by atoms with Crippen LogP contribution in [0.1, 0.15) is 82.5 Å². The standard InChI is InChI=1S/C40H50N2O5/c1-5-23-42(35(45)41-28-11-13-30(47-4)14-12-28)26-39(46)20-17-33-37(39,3)19-16-32-36(2)18-15-29(43)24-38(36)21-22-40(32,33)31(25-38)34(44)27-9-7-6-8-10-27/h6-14,21-22,25,29,32-33,43,46H,5,15-20,23-24,26H2,1-4H3,(H,41,45)/t29?,32-,33-,36-,37+,38+,39-,40-/m1/s1. The SMILES string of the molecule is CCCN(C[C@]1(O)CC[C@H]2[C@]34C=C[C@@]5(C=C3C(=O)c3ccccc3)CC(O)CC[C@]5(C)[C@H]4CC[C@@]21C)C(=O)Nc1ccc(OC)cc1. The molecule has 8 rings (SSSR count). The predicted molar refractivity (Wildman–Crippen MR) is 183 cm³/mol. The Bertz CT molecular complexity index is 1600. The molecule has 2 amide bonds. The van der Waals surface area contributed by atoms with Gasteiger partial charge in [-0.05, 0) is 92.9 Å². The number of aliphatic hydroxyl groups is 2. The van der Waals surface area contributed by atoms with Crippen molar-refractivity contribution < 1.29 is 24.5 Å². The lowest BCUT2D eigenvalue weighted by molar-refractivity contribution is -0.174. The molecule has 0 aromatic heterocycles. The van der Waals surface area contributed by atoms with Crippen LogP contribution in [-0.2, 0) is 0 Å². The molecule has 47 heavy (non-hydrogen) atoms. The molecule has 250 valence electrons. The third-order valence-corrected chi connectivity index (χ3v) is 13.6. The number of rotatable bonds is 8. The minimum atomic E-state index is -1.12. The van der Waals surface area contributed by atoms with Crippen LogP contribution in [0.2, 0.25) is 0 Å². The number of methoxy groups -OCH3 is 1. The molecule has 3 N–H and O–H groups in total. The zero-order valence-electron chi connectivity index (χ0n) is 28.3. The Labute approximate surface area is 279 Å². The molecule has 2 bridgehead atoms. The number of benzene rings is 2. The summed E-state index contributed by atoms with van der Waals surface area (Å²) in [6.07, 6.45) is 12.7. The average molecular weight is 639 g/mol. The number of hydrogen-bond acceptors (Lipinski definition) is 5. The molecule has 3 saturated carbocycles. The molecular formula is C40H50N2O5. The number of carbonyl (C=O) groups excluding carboxylic acids is 2. The van der Waals surface area contributed by atoms with Crippen molar-refractivity contribution in [3.8, 4) is 5.75 Å². The summed E-state index contributed by atoms with van der Waals surface area (Å²) in [7, 11) is 1.61. The van der Waals surface area contributed by atoms with Gasteiger partial charge in [-0.1, -0.05) is 69.3 Å². The summed E-state index contributed by atoms with van der Waals surface area (Å²) in [6, 6.07) is 16.7. The Balaban J connectivity index is 1.26. The number of hydrogen-bond donors (Lipinski definition) is 3. The number of urea groups is 1. The largest absolute Gasteiger partial charge is 0.497 e. The van der Waals surface area contributed by atoms with Gasteiger partial charge in [0.15, 0.2) is 5.78 Å². The fourth-order valence-electron chi connectivity index (χ4n) is 11.1. The maximum Gasteiger partial charge on any atom is 0.321 e. The van der Waals surface area contributed by atoms with Gasteiger partial charge in [-0.3, -0.25) is 4.79 Å². The van der Waals surface area contributed by atoms with E-state index in [1.807, 2.05) is 54.6 Å². The molecule has 7 nitrogen and oxygen atoms in total. The molecule has 0 saturated heterocycles. The summed E-state index contributed by atoms with van der Waals surface area (Å²) in [5, 5.41) is 26.8. The minimum Gasteiger partial charge on any atom is -0.497 e. The summed E-state index contributed by atoms with van der Waals surface area (Å²) in [6.45, 7) is 7.44. The molecule has 2 spiro atoms. The third-order valence-electron chi connectivity index (χ3n) is 13.6. The van der Waals surface area contributed by atoms with Crippen molar-refractivity contribution in [2.45, 2.75) is 83.8 Å². The first kappa shape index (κ1) is 32.1. The van der Waals surface area contributed by atoms with Gasteiger partial charge >= 0.3 is 6.03 Å². The quantitative estimate of drug-likeness (QED) is 0.207. The molecule has 7 heteroatoms. The number of allylic oxidation sites excluding steroid dienone is 4. The highest BCUT2D eigenvalue weighted by Crippen LogP contribution is 2.78. The van der Waals surface area contributed by atoms with Crippen molar-refractivity contribution in [1.29, 1.82) is 0 Å². The first-order valence-electron chi connectivity index (χ1n) is 17.6. The van der Waals surface area contributed by atoms with Crippen LogP contribution in [0.3, 0.4) is 0 Å². The fraction of sp³-hybridized carbons (Fsp3) is 0.550. The highest BCUT2D eigenvalue weighted by molar-refractivity contribution is 6.10. The Kier molecular flexibility index (Phi) is 7.75. The number of aliphatic hydroxyl groups excluding tert-OH is 1. The van der Waals surface area contributed by atoms with E-state index >= 15 is 0 Å². The van der Waals surface area contributed by atoms with Crippen LogP contribution >= 0.6 is 0 Å². The van der Waals surface area contributed by atoms with Gasteiger partial charge in [0.25, 0.3) is 0 Å². The summed E-state index contributed by atoms with van der Waals surface area (Å²) >= 11 is 0. The van der Waals surface area contributed by atoms with E-state index in [1.165, 1.54) is 0 Å². The number of fused-ring (bicyclic) bond motifs is 1. The molecule has 1 unspecified atom stereocenters. The Morgan fingerprint density at radius 3 is 2.32 bits per heavy atom. The van der Waals surface area contributed by atoms with E-state index in [0.29, 0.717) is 30.6 Å². The van der Waals surface area contributed by atoms with Crippen molar-refractivity contribution in [2.75, 3.05) is 25.5 Å². The predicted octanol–water partition coefficient (Wildman–Crippen LogP) is 7.41. The molecule has 2 aromatic rings. The van der Waals surface area contributed by atoms with Crippen LogP contribution in [0.25, 0.3) is 0 Å². The van der Waals surface area contributed by atoms with Crippen molar-refractivity contribution in [1.82, 2.24) is 4.90 Å². The number of nitrogens with zero attached hydrogens (tertiary/aromatic N) is 1. The summed E-state index contributed by atoms with van der Waals surface area (Å²) in [5.74, 6) is 1.04. The Morgan fingerprint density at radius 1 is 0.936 bits per heavy atom. The second-order valence-corrected chi connectivity index (χ2v) is 15.6. The third kappa shape index (κ3) is 4.59. The van der Waals surface area contributed by atoms with Crippen molar-refractivity contribution >= 4 is 17.5 Å². The lowest BCUT2D eigenvalue weighted by atomic mass is 9.32. The van der Waals surface area contributed by atoms with E-state index in [1.54, 1.807) is 12.0 Å². The molecule has 2 aromatic carbocycles. The topological polar surface area (TPSA) is 99.1 Å². The monoisotopic (exact) mass is 638 g/mol. The van der Waals surface area contributed by atoms with Gasteiger partial charge in [-0.2, -0.15) is 0 Å². The number of carbonyl (C=O) groups is 2. The zero-order valence-corrected chi connectivity index (χ0v) is 28.3. The van der Waals surface area contributed by atoms with Crippen LogP contribution in [-0.4, -0.2) is 58.8 Å². The van der Waals surface area contributed by atoms with Gasteiger partial charge in [-0.25, -0.2) is 4.79 Å². The average Bonchev–Trinajstić information content (AvgIpc) is 3.34. The lowest BCUT2D eigenvalue weighted by Crippen LogP contribution is -2.67. The highest BCUT2D eigenvalue weighted by Gasteiger charge is 2.74. The van der Waals surface area contributed by atoms with Crippen molar-refractivity contribution in [3.63, 3.8) is 0 Å². The molecule has 0 radical (unpaired) electrons. The Hall–Kier alpha value is -3.42. The molecule has 6 aliphatic carbocycles. The normalized spacial score (nSPS) is 38.1. The van der Waals surface area contributed by atoms with Gasteiger partial charge < -0.3 is 25.2 Å². The molecule has 6 aliphatic rings. The molecule has 0 aliphatic heterocycles. The van der Waals surface area contributed by atoms with Crippen LogP contribution in [0.5, 0.6) is 5.75 Å². The van der Waals surface area contributed by atoms with Crippen LogP contribution < -0.4 is 10.1 Å². The number of Topliss-reactive ketones (excluding diaryl/α,β-unsaturated/α-hetero) is 1. The van der Waals surface area contributed by atoms with Gasteiger partial charge in [0.2, 0.25) is 0 Å². The second kappa shape index (κ2) is 11.3. The molecule has 3 fully saturated rings. The van der Waals surface area contributed by atoms with Crippen LogP contribution in [0, 0.1) is 33.5 Å². The first-order chi connectivity index (χ1) is 22.5. The summed E-state index contributed by atoms with van der Waals surface area (Å²) < 4.78 is 5.27. The fourth-order valence-corrected chi connectivity index (χ4v) is 11.1. The molecule has 0 heterocycles.